The quantitative estimate of drug-likeness (QED) is 0.304. The zero-order valence-corrected chi connectivity index (χ0v) is 17.9. The highest BCUT2D eigenvalue weighted by Gasteiger charge is 2.34. The summed E-state index contributed by atoms with van der Waals surface area (Å²) in [5, 5.41) is 19.5. The third kappa shape index (κ3) is 3.98. The second-order valence-corrected chi connectivity index (χ2v) is 7.89. The van der Waals surface area contributed by atoms with E-state index in [0.29, 0.717) is 27.8 Å². The molecule has 0 saturated heterocycles. The smallest absolute Gasteiger partial charge is 0.181 e. The molecule has 0 amide bonds. The van der Waals surface area contributed by atoms with Gasteiger partial charge in [0.05, 0.1) is 17.6 Å². The third-order valence-corrected chi connectivity index (χ3v) is 5.68. The first kappa shape index (κ1) is 21.6. The normalized spacial score (nSPS) is 13.1. The molecule has 0 fully saturated rings. The van der Waals surface area contributed by atoms with Crippen LogP contribution in [0.15, 0.2) is 66.7 Å². The number of H-pyrrole nitrogens is 1. The van der Waals surface area contributed by atoms with Crippen LogP contribution >= 0.6 is 0 Å². The minimum absolute atomic E-state index is 0.273. The summed E-state index contributed by atoms with van der Waals surface area (Å²) in [6, 6.07) is 19.4. The molecule has 1 aromatic heterocycles. The van der Waals surface area contributed by atoms with Crippen LogP contribution in [0.2, 0.25) is 0 Å². The van der Waals surface area contributed by atoms with Gasteiger partial charge in [-0.15, -0.1) is 0 Å². The molecule has 0 aliphatic rings. The molecule has 1 heterocycles. The Kier molecular flexibility index (Phi) is 5.99. The van der Waals surface area contributed by atoms with Gasteiger partial charge < -0.3 is 15.2 Å². The van der Waals surface area contributed by atoms with E-state index in [1.807, 2.05) is 37.3 Å². The lowest BCUT2D eigenvalue weighted by Gasteiger charge is -2.18. The first-order valence-corrected chi connectivity index (χ1v) is 10.4. The van der Waals surface area contributed by atoms with Gasteiger partial charge in [0.2, 0.25) is 0 Å². The lowest BCUT2D eigenvalue weighted by atomic mass is 9.86. The van der Waals surface area contributed by atoms with E-state index in [1.54, 1.807) is 43.3 Å². The van der Waals surface area contributed by atoms with Crippen LogP contribution in [0.25, 0.3) is 11.0 Å². The number of aliphatic hydroxyl groups is 2. The van der Waals surface area contributed by atoms with Crippen molar-refractivity contribution in [1.29, 1.82) is 0 Å². The molecule has 6 nitrogen and oxygen atoms in total. The number of hydrogen-bond donors (Lipinski definition) is 3. The number of aryl methyl sites for hydroxylation is 1. The van der Waals surface area contributed by atoms with Crippen LogP contribution in [-0.2, 0) is 0 Å². The van der Waals surface area contributed by atoms with E-state index in [0.717, 1.165) is 11.1 Å². The Morgan fingerprint density at radius 3 is 2.44 bits per heavy atom. The monoisotopic (exact) mass is 428 g/mol. The minimum Gasteiger partial charge on any atom is -0.393 e. The van der Waals surface area contributed by atoms with Crippen molar-refractivity contribution >= 4 is 22.6 Å². The van der Waals surface area contributed by atoms with Crippen LogP contribution in [-0.4, -0.2) is 38.4 Å². The van der Waals surface area contributed by atoms with E-state index in [9.17, 15) is 19.8 Å². The summed E-state index contributed by atoms with van der Waals surface area (Å²) in [6.45, 7) is 3.13. The van der Waals surface area contributed by atoms with Crippen LogP contribution in [0.4, 0.5) is 0 Å². The summed E-state index contributed by atoms with van der Waals surface area (Å²) >= 11 is 0. The van der Waals surface area contributed by atoms with Gasteiger partial charge in [-0.3, -0.25) is 9.59 Å². The molecular formula is C26H24N2O4. The van der Waals surface area contributed by atoms with Gasteiger partial charge in [0.15, 0.2) is 11.6 Å². The average molecular weight is 428 g/mol. The predicted octanol–water partition coefficient (Wildman–Crippen LogP) is 4.05. The lowest BCUT2D eigenvalue weighted by molar-refractivity contribution is 0.0853. The number of aromatic nitrogens is 2. The highest BCUT2D eigenvalue weighted by molar-refractivity contribution is 6.20. The van der Waals surface area contributed by atoms with Gasteiger partial charge >= 0.3 is 0 Å². The fraction of sp³-hybridized carbons (Fsp3) is 0.192. The molecule has 0 aliphatic carbocycles. The average Bonchev–Trinajstić information content (AvgIpc) is 3.22. The van der Waals surface area contributed by atoms with E-state index < -0.39 is 24.4 Å². The molecule has 3 aromatic carbocycles. The van der Waals surface area contributed by atoms with Crippen LogP contribution in [0, 0.1) is 13.8 Å². The molecular weight excluding hydrogens is 404 g/mol. The largest absolute Gasteiger partial charge is 0.393 e. The fourth-order valence-corrected chi connectivity index (χ4v) is 3.98. The zero-order chi connectivity index (χ0) is 22.8. The Morgan fingerprint density at radius 1 is 0.969 bits per heavy atom. The maximum absolute atomic E-state index is 13.8. The summed E-state index contributed by atoms with van der Waals surface area (Å²) in [4.78, 5) is 35.1. The summed E-state index contributed by atoms with van der Waals surface area (Å²) in [7, 11) is 0. The van der Waals surface area contributed by atoms with E-state index >= 15 is 0 Å². The lowest BCUT2D eigenvalue weighted by Crippen LogP contribution is -2.25. The molecule has 4 rings (SSSR count). The molecule has 0 radical (unpaired) electrons. The standard InChI is InChI=1S/C26H24N2O4/c1-15-7-5-8-17(13-15)24(31)23(26-27-20-11-3-4-12-21(20)28-26)25(32)19-10-6-9-18(16(19)2)22(30)14-29/h3-13,22-23,29-30H,14H2,1-2H3,(H,27,28). The summed E-state index contributed by atoms with van der Waals surface area (Å²) < 4.78 is 0. The molecule has 2 unspecified atom stereocenters. The second-order valence-electron chi connectivity index (χ2n) is 7.89. The Morgan fingerprint density at radius 2 is 1.72 bits per heavy atom. The van der Waals surface area contributed by atoms with Crippen LogP contribution in [0.1, 0.15) is 55.3 Å². The number of benzene rings is 3. The zero-order valence-electron chi connectivity index (χ0n) is 17.9. The summed E-state index contributed by atoms with van der Waals surface area (Å²) in [5.41, 5.74) is 4.02. The number of fused-ring (bicyclic) bond motifs is 1. The number of imidazole rings is 1. The van der Waals surface area contributed by atoms with Gasteiger partial charge in [-0.1, -0.05) is 54.1 Å². The number of aliphatic hydroxyl groups excluding tert-OH is 2. The van der Waals surface area contributed by atoms with Gasteiger partial charge in [0, 0.05) is 11.1 Å². The fourth-order valence-electron chi connectivity index (χ4n) is 3.98. The van der Waals surface area contributed by atoms with Crippen molar-refractivity contribution in [3.8, 4) is 0 Å². The van der Waals surface area contributed by atoms with E-state index in [1.165, 1.54) is 0 Å². The number of carbonyl (C=O) groups is 2. The van der Waals surface area contributed by atoms with Crippen molar-refractivity contribution < 1.29 is 19.8 Å². The molecule has 6 heteroatoms. The number of carbonyl (C=O) groups excluding carboxylic acids is 2. The molecule has 162 valence electrons. The first-order chi connectivity index (χ1) is 15.4. The van der Waals surface area contributed by atoms with E-state index in [2.05, 4.69) is 9.97 Å². The van der Waals surface area contributed by atoms with Crippen molar-refractivity contribution in [2.75, 3.05) is 6.61 Å². The van der Waals surface area contributed by atoms with Crippen molar-refractivity contribution in [2.24, 2.45) is 0 Å². The summed E-state index contributed by atoms with van der Waals surface area (Å²) in [6.07, 6.45) is -1.11. The molecule has 0 aliphatic heterocycles. The summed E-state index contributed by atoms with van der Waals surface area (Å²) in [5.74, 6) is -1.68. The van der Waals surface area contributed by atoms with Gasteiger partial charge in [-0.25, -0.2) is 4.98 Å². The predicted molar refractivity (Wildman–Crippen MR) is 122 cm³/mol. The van der Waals surface area contributed by atoms with Crippen molar-refractivity contribution in [3.63, 3.8) is 0 Å². The molecule has 0 bridgehead atoms. The Bertz CT molecular complexity index is 1280. The van der Waals surface area contributed by atoms with Crippen LogP contribution in [0.3, 0.4) is 0 Å². The molecule has 0 saturated carbocycles. The SMILES string of the molecule is Cc1cccc(C(=O)C(C(=O)c2cccc(C(O)CO)c2C)c2nc3ccccc3[nH]2)c1. The van der Waals surface area contributed by atoms with Crippen LogP contribution in [0.5, 0.6) is 0 Å². The van der Waals surface area contributed by atoms with E-state index in [-0.39, 0.29) is 11.6 Å². The van der Waals surface area contributed by atoms with Crippen molar-refractivity contribution in [2.45, 2.75) is 25.9 Å². The highest BCUT2D eigenvalue weighted by Crippen LogP contribution is 2.29. The van der Waals surface area contributed by atoms with Gasteiger partial charge in [-0.05, 0) is 43.2 Å². The topological polar surface area (TPSA) is 103 Å². The molecule has 32 heavy (non-hydrogen) atoms. The van der Waals surface area contributed by atoms with Gasteiger partial charge in [-0.2, -0.15) is 0 Å². The number of Topliss-reactive ketones (excluding diaryl/α,β-unsaturated/α-hetero) is 2. The minimum atomic E-state index is -1.18. The maximum Gasteiger partial charge on any atom is 0.181 e. The number of ketones is 2. The third-order valence-electron chi connectivity index (χ3n) is 5.68. The molecule has 4 aromatic rings. The Labute approximate surface area is 185 Å². The Hall–Kier alpha value is -3.61. The number of para-hydroxylation sites is 2. The number of nitrogens with one attached hydrogen (secondary N) is 1. The highest BCUT2D eigenvalue weighted by atomic mass is 16.3. The maximum atomic E-state index is 13.8. The van der Waals surface area contributed by atoms with Gasteiger partial charge in [0.1, 0.15) is 17.8 Å². The Balaban J connectivity index is 1.86. The molecule has 3 N–H and O–H groups in total. The number of aromatic amines is 1. The molecule has 2 atom stereocenters. The first-order valence-electron chi connectivity index (χ1n) is 10.4. The second kappa shape index (κ2) is 8.86. The number of nitrogens with zero attached hydrogens (tertiary/aromatic N) is 1. The van der Waals surface area contributed by atoms with Crippen LogP contribution < -0.4 is 0 Å². The van der Waals surface area contributed by atoms with Crippen molar-refractivity contribution in [3.05, 3.63) is 100 Å². The van der Waals surface area contributed by atoms with Gasteiger partial charge in [0.25, 0.3) is 0 Å². The van der Waals surface area contributed by atoms with Crippen molar-refractivity contribution in [1.82, 2.24) is 9.97 Å². The van der Waals surface area contributed by atoms with E-state index in [4.69, 9.17) is 0 Å². The number of hydrogen-bond acceptors (Lipinski definition) is 5. The number of rotatable bonds is 7. The molecule has 0 spiro atoms.